The highest BCUT2D eigenvalue weighted by molar-refractivity contribution is 5.84. The van der Waals surface area contributed by atoms with Crippen LogP contribution in [0.2, 0.25) is 0 Å². The van der Waals surface area contributed by atoms with Gasteiger partial charge in [-0.3, -0.25) is 0 Å². The van der Waals surface area contributed by atoms with Crippen molar-refractivity contribution in [3.05, 3.63) is 30.2 Å². The van der Waals surface area contributed by atoms with Gasteiger partial charge < -0.3 is 10.2 Å². The first kappa shape index (κ1) is 17.5. The SMILES string of the molecule is O=C(O)C(F)(F)F.Oc1cc(C(F)(F)F)cc2cncnc12. The highest BCUT2D eigenvalue weighted by atomic mass is 19.4. The van der Waals surface area contributed by atoms with E-state index in [2.05, 4.69) is 9.97 Å². The van der Waals surface area contributed by atoms with Gasteiger partial charge in [-0.1, -0.05) is 0 Å². The van der Waals surface area contributed by atoms with Crippen LogP contribution in [-0.4, -0.2) is 32.3 Å². The Morgan fingerprint density at radius 2 is 1.64 bits per heavy atom. The predicted molar refractivity (Wildman–Crippen MR) is 59.9 cm³/mol. The second-order valence-corrected chi connectivity index (χ2v) is 3.76. The minimum atomic E-state index is -5.08. The first-order chi connectivity index (χ1) is 9.93. The normalized spacial score (nSPS) is 11.7. The van der Waals surface area contributed by atoms with Crippen LogP contribution in [0.4, 0.5) is 26.3 Å². The van der Waals surface area contributed by atoms with Crippen LogP contribution in [0.1, 0.15) is 5.56 Å². The van der Waals surface area contributed by atoms with Gasteiger partial charge in [0.1, 0.15) is 17.6 Å². The molecule has 0 saturated carbocycles. The maximum Gasteiger partial charge on any atom is 0.490 e. The Kier molecular flexibility index (Phi) is 4.79. The van der Waals surface area contributed by atoms with E-state index < -0.39 is 29.6 Å². The third-order valence-electron chi connectivity index (χ3n) is 2.16. The number of hydrogen-bond acceptors (Lipinski definition) is 4. The quantitative estimate of drug-likeness (QED) is 0.727. The summed E-state index contributed by atoms with van der Waals surface area (Å²) < 4.78 is 68.8. The van der Waals surface area contributed by atoms with Gasteiger partial charge in [-0.2, -0.15) is 26.3 Å². The van der Waals surface area contributed by atoms with E-state index in [1.54, 1.807) is 0 Å². The zero-order chi connectivity index (χ0) is 17.1. The fraction of sp³-hybridized carbons (Fsp3) is 0.182. The van der Waals surface area contributed by atoms with E-state index in [0.29, 0.717) is 6.07 Å². The van der Waals surface area contributed by atoms with E-state index in [4.69, 9.17) is 9.90 Å². The third-order valence-corrected chi connectivity index (χ3v) is 2.16. The summed E-state index contributed by atoms with van der Waals surface area (Å²) >= 11 is 0. The van der Waals surface area contributed by atoms with Crippen molar-refractivity contribution in [3.63, 3.8) is 0 Å². The monoisotopic (exact) mass is 328 g/mol. The van der Waals surface area contributed by atoms with Crippen molar-refractivity contribution in [1.82, 2.24) is 9.97 Å². The van der Waals surface area contributed by atoms with Crippen LogP contribution in [0, 0.1) is 0 Å². The van der Waals surface area contributed by atoms with Crippen molar-refractivity contribution in [1.29, 1.82) is 0 Å². The standard InChI is InChI=1S/C9H5F3N2O.C2HF3O2/c10-9(11,12)6-1-5-3-13-4-14-8(5)7(15)2-6;3-2(4,5)1(6)7/h1-4,15H;(H,6,7). The van der Waals surface area contributed by atoms with E-state index in [1.165, 1.54) is 6.20 Å². The molecule has 1 heterocycles. The van der Waals surface area contributed by atoms with Gasteiger partial charge in [0.2, 0.25) is 0 Å². The minimum Gasteiger partial charge on any atom is -0.506 e. The average Bonchev–Trinajstić information content (AvgIpc) is 2.37. The maximum absolute atomic E-state index is 12.3. The number of aliphatic carboxylic acids is 1. The molecule has 2 aromatic rings. The van der Waals surface area contributed by atoms with Crippen molar-refractivity contribution < 1.29 is 41.4 Å². The molecule has 22 heavy (non-hydrogen) atoms. The smallest absolute Gasteiger partial charge is 0.490 e. The number of benzene rings is 1. The maximum atomic E-state index is 12.3. The Balaban J connectivity index is 0.000000295. The molecular weight excluding hydrogens is 322 g/mol. The largest absolute Gasteiger partial charge is 0.506 e. The number of phenolic OH excluding ortho intramolecular Hbond substituents is 1. The van der Waals surface area contributed by atoms with Gasteiger partial charge in [0.15, 0.2) is 0 Å². The third kappa shape index (κ3) is 4.46. The fourth-order valence-electron chi connectivity index (χ4n) is 1.25. The lowest BCUT2D eigenvalue weighted by Crippen LogP contribution is -2.21. The van der Waals surface area contributed by atoms with Crippen molar-refractivity contribution in [2.45, 2.75) is 12.4 Å². The summed E-state index contributed by atoms with van der Waals surface area (Å²) in [5, 5.41) is 16.6. The zero-order valence-electron chi connectivity index (χ0n) is 10.3. The highest BCUT2D eigenvalue weighted by Crippen LogP contribution is 2.34. The summed E-state index contributed by atoms with van der Waals surface area (Å²) in [5.41, 5.74) is -0.805. The Morgan fingerprint density at radius 1 is 1.09 bits per heavy atom. The molecule has 1 aromatic heterocycles. The summed E-state index contributed by atoms with van der Waals surface area (Å²) in [6.07, 6.45) is -7.19. The molecular formula is C11H6F6N2O3. The zero-order valence-corrected chi connectivity index (χ0v) is 10.3. The molecule has 0 aliphatic rings. The van der Waals surface area contributed by atoms with Crippen molar-refractivity contribution in [2.75, 3.05) is 0 Å². The van der Waals surface area contributed by atoms with Gasteiger partial charge in [-0.25, -0.2) is 14.8 Å². The van der Waals surface area contributed by atoms with Crippen LogP contribution in [0.15, 0.2) is 24.7 Å². The second-order valence-electron chi connectivity index (χ2n) is 3.76. The first-order valence-electron chi connectivity index (χ1n) is 5.23. The van der Waals surface area contributed by atoms with Crippen molar-refractivity contribution in [2.24, 2.45) is 0 Å². The molecule has 120 valence electrons. The van der Waals surface area contributed by atoms with Gasteiger partial charge in [0.05, 0.1) is 5.56 Å². The minimum absolute atomic E-state index is 0.109. The molecule has 0 aliphatic carbocycles. The molecule has 0 saturated heterocycles. The summed E-state index contributed by atoms with van der Waals surface area (Å²) in [6, 6.07) is 1.55. The van der Waals surface area contributed by atoms with Gasteiger partial charge >= 0.3 is 18.3 Å². The van der Waals surface area contributed by atoms with Crippen molar-refractivity contribution >= 4 is 16.9 Å². The number of halogens is 6. The molecule has 2 N–H and O–H groups in total. The average molecular weight is 328 g/mol. The second kappa shape index (κ2) is 6.03. The molecule has 0 spiro atoms. The van der Waals surface area contributed by atoms with Gasteiger partial charge in [0.25, 0.3) is 0 Å². The Hall–Kier alpha value is -2.59. The molecule has 0 bridgehead atoms. The number of alkyl halides is 6. The van der Waals surface area contributed by atoms with E-state index in [-0.39, 0.29) is 10.9 Å². The fourth-order valence-corrected chi connectivity index (χ4v) is 1.25. The number of carboxylic acids is 1. The van der Waals surface area contributed by atoms with Crippen LogP contribution in [-0.2, 0) is 11.0 Å². The lowest BCUT2D eigenvalue weighted by molar-refractivity contribution is -0.192. The molecule has 5 nitrogen and oxygen atoms in total. The van der Waals surface area contributed by atoms with Gasteiger partial charge in [0, 0.05) is 11.6 Å². The number of aromatic hydroxyl groups is 1. The molecule has 0 fully saturated rings. The number of phenols is 1. The lowest BCUT2D eigenvalue weighted by Gasteiger charge is -2.08. The number of carbonyl (C=O) groups is 1. The van der Waals surface area contributed by atoms with E-state index in [1.807, 2.05) is 0 Å². The molecule has 0 radical (unpaired) electrons. The molecule has 2 rings (SSSR count). The first-order valence-corrected chi connectivity index (χ1v) is 5.23. The number of aromatic nitrogens is 2. The van der Waals surface area contributed by atoms with Crippen LogP contribution in [0.25, 0.3) is 10.9 Å². The van der Waals surface area contributed by atoms with E-state index in [0.717, 1.165) is 12.4 Å². The predicted octanol–water partition coefficient (Wildman–Crippen LogP) is 2.99. The molecule has 0 amide bonds. The molecule has 0 atom stereocenters. The number of hydrogen-bond donors (Lipinski definition) is 2. The lowest BCUT2D eigenvalue weighted by atomic mass is 10.1. The molecule has 0 unspecified atom stereocenters. The van der Waals surface area contributed by atoms with Crippen LogP contribution < -0.4 is 0 Å². The van der Waals surface area contributed by atoms with Crippen LogP contribution in [0.3, 0.4) is 0 Å². The Labute approximate surface area is 117 Å². The Morgan fingerprint density at radius 3 is 2.09 bits per heavy atom. The van der Waals surface area contributed by atoms with Crippen molar-refractivity contribution in [3.8, 4) is 5.75 Å². The number of rotatable bonds is 0. The van der Waals surface area contributed by atoms with E-state index in [9.17, 15) is 31.4 Å². The summed E-state index contributed by atoms with van der Waals surface area (Å²) in [7, 11) is 0. The number of fused-ring (bicyclic) bond motifs is 1. The Bertz CT molecular complexity index is 684. The molecule has 0 aliphatic heterocycles. The number of carboxylic acid groups (broad SMARTS) is 1. The van der Waals surface area contributed by atoms with Crippen LogP contribution >= 0.6 is 0 Å². The van der Waals surface area contributed by atoms with Gasteiger partial charge in [-0.15, -0.1) is 0 Å². The van der Waals surface area contributed by atoms with Gasteiger partial charge in [-0.05, 0) is 12.1 Å². The molecule has 1 aromatic carbocycles. The summed E-state index contributed by atoms with van der Waals surface area (Å²) in [6.45, 7) is 0. The topological polar surface area (TPSA) is 83.3 Å². The summed E-state index contributed by atoms with van der Waals surface area (Å²) in [5.74, 6) is -3.25. The summed E-state index contributed by atoms with van der Waals surface area (Å²) in [4.78, 5) is 16.2. The number of nitrogens with zero attached hydrogens (tertiary/aromatic N) is 2. The van der Waals surface area contributed by atoms with Crippen LogP contribution in [0.5, 0.6) is 5.75 Å². The molecule has 11 heteroatoms. The highest BCUT2D eigenvalue weighted by Gasteiger charge is 2.38. The van der Waals surface area contributed by atoms with E-state index >= 15 is 0 Å².